The minimum Gasteiger partial charge on any atom is -0.393 e. The van der Waals surface area contributed by atoms with E-state index in [1.807, 2.05) is 6.92 Å². The second-order valence-corrected chi connectivity index (χ2v) is 13.5. The van der Waals surface area contributed by atoms with Crippen molar-refractivity contribution in [2.45, 2.75) is 112 Å². The fourth-order valence-electron chi connectivity index (χ4n) is 9.16. The van der Waals surface area contributed by atoms with Crippen LogP contribution in [0.3, 0.4) is 0 Å². The third-order valence-corrected chi connectivity index (χ3v) is 11.7. The molecule has 186 valence electrons. The number of fused-ring (bicyclic) bond motifs is 4. The molecule has 3 nitrogen and oxygen atoms in total. The van der Waals surface area contributed by atoms with Crippen molar-refractivity contribution in [2.75, 3.05) is 6.61 Å². The molecule has 0 radical (unpaired) electrons. The highest BCUT2D eigenvalue weighted by Gasteiger charge is 2.65. The van der Waals surface area contributed by atoms with Gasteiger partial charge in [-0.25, -0.2) is 0 Å². The van der Waals surface area contributed by atoms with Crippen molar-refractivity contribution in [1.82, 2.24) is 0 Å². The van der Waals surface area contributed by atoms with Crippen LogP contribution in [0.1, 0.15) is 106 Å². The number of carbonyl (C=O) groups is 1. The SMILES string of the molecule is CC(=CCC[C@@H](C)C1CC[C@@]2(C)C3=C(CC[C@]12C)[C@@]1(C)CC[C@H](O)C(C)(C)[C@@H]1CC3=O)CO. The number of carbonyl (C=O) groups excluding carboxylic acids is 1. The van der Waals surface area contributed by atoms with Gasteiger partial charge in [0.05, 0.1) is 12.7 Å². The number of rotatable bonds is 5. The Morgan fingerprint density at radius 2 is 1.82 bits per heavy atom. The minimum atomic E-state index is -0.310. The van der Waals surface area contributed by atoms with E-state index in [0.29, 0.717) is 24.0 Å². The Labute approximate surface area is 202 Å². The van der Waals surface area contributed by atoms with Crippen LogP contribution < -0.4 is 0 Å². The van der Waals surface area contributed by atoms with Crippen molar-refractivity contribution in [3.8, 4) is 0 Å². The minimum absolute atomic E-state index is 0.0262. The van der Waals surface area contributed by atoms with E-state index < -0.39 is 0 Å². The molecule has 4 rings (SSSR count). The van der Waals surface area contributed by atoms with E-state index in [1.54, 1.807) is 0 Å². The molecule has 2 N–H and O–H groups in total. The molecule has 2 saturated carbocycles. The van der Waals surface area contributed by atoms with Gasteiger partial charge in [0.15, 0.2) is 5.78 Å². The fourth-order valence-corrected chi connectivity index (χ4v) is 9.16. The molecule has 7 atom stereocenters. The second kappa shape index (κ2) is 8.33. The molecule has 4 aliphatic rings. The third kappa shape index (κ3) is 3.54. The lowest BCUT2D eigenvalue weighted by Crippen LogP contribution is -2.57. The summed E-state index contributed by atoms with van der Waals surface area (Å²) in [5.74, 6) is 1.89. The molecular formula is C30H48O3. The van der Waals surface area contributed by atoms with Crippen molar-refractivity contribution < 1.29 is 15.0 Å². The zero-order chi connectivity index (χ0) is 24.4. The first-order valence-corrected chi connectivity index (χ1v) is 13.5. The van der Waals surface area contributed by atoms with Gasteiger partial charge in [0.2, 0.25) is 0 Å². The topological polar surface area (TPSA) is 57.5 Å². The zero-order valence-corrected chi connectivity index (χ0v) is 22.3. The Hall–Kier alpha value is -0.930. The summed E-state index contributed by atoms with van der Waals surface area (Å²) in [4.78, 5) is 13.9. The van der Waals surface area contributed by atoms with E-state index >= 15 is 0 Å². The fraction of sp³-hybridized carbons (Fsp3) is 0.833. The van der Waals surface area contributed by atoms with Crippen molar-refractivity contribution in [2.24, 2.45) is 39.4 Å². The Morgan fingerprint density at radius 3 is 2.48 bits per heavy atom. The summed E-state index contributed by atoms with van der Waals surface area (Å²) in [5.41, 5.74) is 3.73. The van der Waals surface area contributed by atoms with Gasteiger partial charge in [-0.3, -0.25) is 4.79 Å². The molecule has 0 amide bonds. The molecule has 4 aliphatic carbocycles. The van der Waals surface area contributed by atoms with Crippen LogP contribution in [0, 0.1) is 39.4 Å². The zero-order valence-electron chi connectivity index (χ0n) is 22.3. The highest BCUT2D eigenvalue weighted by Crippen LogP contribution is 2.71. The molecule has 0 heterocycles. The molecule has 0 aromatic carbocycles. The molecule has 0 bridgehead atoms. The number of Topliss-reactive ketones (excluding diaryl/α,β-unsaturated/α-hetero) is 1. The van der Waals surface area contributed by atoms with Crippen LogP contribution in [-0.2, 0) is 4.79 Å². The van der Waals surface area contributed by atoms with Gasteiger partial charge in [-0.2, -0.15) is 0 Å². The Morgan fingerprint density at radius 1 is 1.12 bits per heavy atom. The van der Waals surface area contributed by atoms with Crippen molar-refractivity contribution in [1.29, 1.82) is 0 Å². The maximum Gasteiger partial charge on any atom is 0.159 e. The number of ketones is 1. The van der Waals surface area contributed by atoms with Gasteiger partial charge in [-0.05, 0) is 92.3 Å². The number of hydrogen-bond acceptors (Lipinski definition) is 3. The van der Waals surface area contributed by atoms with Crippen LogP contribution in [0.5, 0.6) is 0 Å². The molecule has 3 heteroatoms. The van der Waals surface area contributed by atoms with Gasteiger partial charge in [0.25, 0.3) is 0 Å². The number of aliphatic hydroxyl groups is 2. The van der Waals surface area contributed by atoms with Gasteiger partial charge < -0.3 is 10.2 Å². The summed E-state index contributed by atoms with van der Waals surface area (Å²) in [5, 5.41) is 20.1. The van der Waals surface area contributed by atoms with Crippen molar-refractivity contribution >= 4 is 5.78 Å². The molecule has 0 aromatic heterocycles. The van der Waals surface area contributed by atoms with Crippen LogP contribution >= 0.6 is 0 Å². The average molecular weight is 457 g/mol. The summed E-state index contributed by atoms with van der Waals surface area (Å²) in [6.07, 6.45) is 11.1. The molecule has 2 fully saturated rings. The summed E-state index contributed by atoms with van der Waals surface area (Å²) in [6, 6.07) is 0. The van der Waals surface area contributed by atoms with E-state index in [4.69, 9.17) is 0 Å². The highest BCUT2D eigenvalue weighted by molar-refractivity contribution is 5.99. The van der Waals surface area contributed by atoms with Crippen molar-refractivity contribution in [3.63, 3.8) is 0 Å². The van der Waals surface area contributed by atoms with E-state index in [9.17, 15) is 15.0 Å². The lowest BCUT2D eigenvalue weighted by Gasteiger charge is -2.61. The number of aliphatic hydroxyl groups excluding tert-OH is 2. The predicted octanol–water partition coefficient (Wildman–Crippen LogP) is 6.63. The molecule has 0 aromatic rings. The van der Waals surface area contributed by atoms with E-state index in [1.165, 1.54) is 24.0 Å². The largest absolute Gasteiger partial charge is 0.393 e. The van der Waals surface area contributed by atoms with E-state index in [0.717, 1.165) is 44.1 Å². The lowest BCUT2D eigenvalue weighted by molar-refractivity contribution is -0.134. The van der Waals surface area contributed by atoms with Gasteiger partial charge in [-0.15, -0.1) is 0 Å². The quantitative estimate of drug-likeness (QED) is 0.456. The van der Waals surface area contributed by atoms with E-state index in [2.05, 4.69) is 47.6 Å². The number of hydrogen-bond donors (Lipinski definition) is 2. The van der Waals surface area contributed by atoms with Gasteiger partial charge in [0.1, 0.15) is 0 Å². The Kier molecular flexibility index (Phi) is 6.35. The molecule has 0 aliphatic heterocycles. The molecule has 1 unspecified atom stereocenters. The van der Waals surface area contributed by atoms with Crippen LogP contribution in [0.4, 0.5) is 0 Å². The predicted molar refractivity (Wildman–Crippen MR) is 135 cm³/mol. The molecule has 33 heavy (non-hydrogen) atoms. The van der Waals surface area contributed by atoms with Gasteiger partial charge in [-0.1, -0.05) is 58.8 Å². The summed E-state index contributed by atoms with van der Waals surface area (Å²) in [7, 11) is 0. The molecule has 0 spiro atoms. The summed E-state index contributed by atoms with van der Waals surface area (Å²) in [6.45, 7) is 16.3. The van der Waals surface area contributed by atoms with Crippen molar-refractivity contribution in [3.05, 3.63) is 22.8 Å². The maximum atomic E-state index is 13.9. The lowest BCUT2D eigenvalue weighted by atomic mass is 9.43. The number of allylic oxidation sites excluding steroid dienone is 3. The Balaban J connectivity index is 1.67. The second-order valence-electron chi connectivity index (χ2n) is 13.5. The smallest absolute Gasteiger partial charge is 0.159 e. The molecule has 0 saturated heterocycles. The van der Waals surface area contributed by atoms with Crippen LogP contribution in [0.2, 0.25) is 0 Å². The average Bonchev–Trinajstić information content (AvgIpc) is 3.04. The highest BCUT2D eigenvalue weighted by atomic mass is 16.3. The summed E-state index contributed by atoms with van der Waals surface area (Å²) >= 11 is 0. The van der Waals surface area contributed by atoms with E-state index in [-0.39, 0.29) is 40.3 Å². The monoisotopic (exact) mass is 456 g/mol. The maximum absolute atomic E-state index is 13.9. The van der Waals surface area contributed by atoms with Crippen LogP contribution in [0.25, 0.3) is 0 Å². The van der Waals surface area contributed by atoms with Gasteiger partial charge >= 0.3 is 0 Å². The first kappa shape index (κ1) is 25.2. The first-order chi connectivity index (χ1) is 15.3. The molecular weight excluding hydrogens is 408 g/mol. The normalized spacial score (nSPS) is 43.7. The summed E-state index contributed by atoms with van der Waals surface area (Å²) < 4.78 is 0. The van der Waals surface area contributed by atoms with Gasteiger partial charge in [0, 0.05) is 17.4 Å². The standard InChI is InChI=1S/C30H48O3/c1-19(18-31)9-8-10-20(2)21-11-16-30(7)26-22(12-15-29(21,30)6)28(5)14-13-25(33)27(3,4)24(28)17-23(26)32/h9,20-21,24-25,31,33H,8,10-18H2,1-7H3/t20-,21?,24+,25+,28-,29-,30+/m1/s1. The van der Waals surface area contributed by atoms with Crippen LogP contribution in [0.15, 0.2) is 22.8 Å². The first-order valence-electron chi connectivity index (χ1n) is 13.5. The Bertz CT molecular complexity index is 866. The van der Waals surface area contributed by atoms with Crippen LogP contribution in [-0.4, -0.2) is 28.7 Å². The third-order valence-electron chi connectivity index (χ3n) is 11.7.